The minimum atomic E-state index is -0.168. The van der Waals surface area contributed by atoms with E-state index in [1.807, 2.05) is 42.2 Å². The number of morpholine rings is 1. The van der Waals surface area contributed by atoms with Gasteiger partial charge in [0.25, 0.3) is 11.8 Å². The molecule has 4 heterocycles. The highest BCUT2D eigenvalue weighted by Crippen LogP contribution is 2.27. The summed E-state index contributed by atoms with van der Waals surface area (Å²) in [5, 5.41) is 3.95. The maximum atomic E-state index is 13.3. The summed E-state index contributed by atoms with van der Waals surface area (Å²) in [5.41, 5.74) is 2.33. The summed E-state index contributed by atoms with van der Waals surface area (Å²) >= 11 is 0. The number of piperidine rings is 1. The predicted molar refractivity (Wildman–Crippen MR) is 125 cm³/mol. The summed E-state index contributed by atoms with van der Waals surface area (Å²) in [5.74, 6) is 1.03. The van der Waals surface area contributed by atoms with Crippen LogP contribution in [0, 0.1) is 6.92 Å². The Morgan fingerprint density at radius 1 is 1.06 bits per heavy atom. The molecular weight excluding hydrogens is 420 g/mol. The summed E-state index contributed by atoms with van der Waals surface area (Å²) in [6.07, 6.45) is 3.13. The van der Waals surface area contributed by atoms with Gasteiger partial charge in [0, 0.05) is 43.2 Å². The first kappa shape index (κ1) is 21.5. The van der Waals surface area contributed by atoms with Crippen LogP contribution in [-0.2, 0) is 4.74 Å². The van der Waals surface area contributed by atoms with Gasteiger partial charge in [0.15, 0.2) is 5.76 Å². The second-order valence-electron chi connectivity index (χ2n) is 8.62. The number of anilines is 1. The zero-order chi connectivity index (χ0) is 22.8. The van der Waals surface area contributed by atoms with Crippen LogP contribution in [0.2, 0.25) is 0 Å². The minimum absolute atomic E-state index is 0.0223. The summed E-state index contributed by atoms with van der Waals surface area (Å²) in [4.78, 5) is 34.7. The molecule has 0 radical (unpaired) electrons. The Morgan fingerprint density at radius 2 is 1.82 bits per heavy atom. The normalized spacial score (nSPS) is 17.4. The number of carbonyl (C=O) groups excluding carboxylic acids is 2. The molecule has 2 saturated heterocycles. The van der Waals surface area contributed by atoms with Crippen molar-refractivity contribution in [2.24, 2.45) is 0 Å². The Balaban J connectivity index is 1.32. The average Bonchev–Trinajstić information content (AvgIpc) is 3.30. The molecule has 1 aromatic carbocycles. The van der Waals surface area contributed by atoms with Gasteiger partial charge >= 0.3 is 0 Å². The van der Waals surface area contributed by atoms with Gasteiger partial charge in [0.1, 0.15) is 5.82 Å². The van der Waals surface area contributed by atoms with E-state index in [2.05, 4.69) is 10.2 Å². The highest BCUT2D eigenvalue weighted by molar-refractivity contribution is 6.07. The number of nitrogens with one attached hydrogen (secondary N) is 1. The molecule has 8 nitrogen and oxygen atoms in total. The van der Waals surface area contributed by atoms with Crippen molar-refractivity contribution < 1.29 is 18.7 Å². The van der Waals surface area contributed by atoms with E-state index in [9.17, 15) is 9.59 Å². The van der Waals surface area contributed by atoms with Gasteiger partial charge in [-0.3, -0.25) is 9.59 Å². The number of nitrogens with zero attached hydrogens (tertiary/aromatic N) is 3. The molecule has 2 aliphatic rings. The first-order valence-corrected chi connectivity index (χ1v) is 11.5. The van der Waals surface area contributed by atoms with Gasteiger partial charge in [-0.1, -0.05) is 18.2 Å². The molecular formula is C25H28N4O4. The molecule has 8 heteroatoms. The minimum Gasteiger partial charge on any atom is -0.459 e. The summed E-state index contributed by atoms with van der Waals surface area (Å²) in [6, 6.07) is 11.6. The molecule has 0 atom stereocenters. The molecule has 0 bridgehead atoms. The van der Waals surface area contributed by atoms with Crippen molar-refractivity contribution >= 4 is 28.5 Å². The first-order valence-electron chi connectivity index (χ1n) is 11.5. The zero-order valence-electron chi connectivity index (χ0n) is 18.8. The van der Waals surface area contributed by atoms with Crippen LogP contribution in [0.1, 0.15) is 39.3 Å². The van der Waals surface area contributed by atoms with Crippen LogP contribution < -0.4 is 10.2 Å². The van der Waals surface area contributed by atoms with Gasteiger partial charge < -0.3 is 24.3 Å². The number of aromatic nitrogens is 1. The van der Waals surface area contributed by atoms with E-state index in [0.29, 0.717) is 37.6 Å². The lowest BCUT2D eigenvalue weighted by Gasteiger charge is -2.33. The van der Waals surface area contributed by atoms with Gasteiger partial charge in [-0.25, -0.2) is 4.98 Å². The quantitative estimate of drug-likeness (QED) is 0.660. The number of benzene rings is 1. The van der Waals surface area contributed by atoms with Crippen molar-refractivity contribution in [2.45, 2.75) is 25.8 Å². The molecule has 2 aliphatic heterocycles. The van der Waals surface area contributed by atoms with Crippen molar-refractivity contribution in [2.75, 3.05) is 44.3 Å². The molecule has 2 amide bonds. The number of aryl methyl sites for hydroxylation is 1. The predicted octanol–water partition coefficient (Wildman–Crippen LogP) is 3.01. The zero-order valence-corrected chi connectivity index (χ0v) is 18.8. The maximum absolute atomic E-state index is 13.3. The Morgan fingerprint density at radius 3 is 2.55 bits per heavy atom. The number of furan rings is 1. The fourth-order valence-electron chi connectivity index (χ4n) is 4.55. The number of rotatable bonds is 4. The van der Waals surface area contributed by atoms with E-state index in [1.165, 1.54) is 6.26 Å². The molecule has 1 N–H and O–H groups in total. The Labute approximate surface area is 192 Å². The van der Waals surface area contributed by atoms with Crippen LogP contribution in [0.15, 0.2) is 47.1 Å². The summed E-state index contributed by atoms with van der Waals surface area (Å²) < 4.78 is 10.7. The second-order valence-corrected chi connectivity index (χ2v) is 8.62. The molecule has 3 aromatic rings. The molecule has 0 aliphatic carbocycles. The topological polar surface area (TPSA) is 87.9 Å². The van der Waals surface area contributed by atoms with E-state index >= 15 is 0 Å². The molecule has 5 rings (SSSR count). The van der Waals surface area contributed by atoms with E-state index in [1.54, 1.807) is 6.07 Å². The highest BCUT2D eigenvalue weighted by atomic mass is 16.5. The third-order valence-corrected chi connectivity index (χ3v) is 6.45. The van der Waals surface area contributed by atoms with Gasteiger partial charge in [-0.2, -0.15) is 0 Å². The third-order valence-electron chi connectivity index (χ3n) is 6.45. The molecule has 0 spiro atoms. The number of ether oxygens (including phenoxy) is 1. The summed E-state index contributed by atoms with van der Waals surface area (Å²) in [6.45, 7) is 5.70. The van der Waals surface area contributed by atoms with Crippen molar-refractivity contribution in [1.29, 1.82) is 0 Å². The fraction of sp³-hybridized carbons (Fsp3) is 0.400. The van der Waals surface area contributed by atoms with Crippen molar-refractivity contribution in [3.05, 3.63) is 59.5 Å². The van der Waals surface area contributed by atoms with Gasteiger partial charge in [0.2, 0.25) is 0 Å². The average molecular weight is 449 g/mol. The second kappa shape index (κ2) is 9.23. The van der Waals surface area contributed by atoms with Crippen LogP contribution in [0.25, 0.3) is 10.9 Å². The number of carbonyl (C=O) groups is 2. The van der Waals surface area contributed by atoms with E-state index < -0.39 is 0 Å². The molecule has 2 aromatic heterocycles. The number of para-hydroxylation sites is 1. The fourth-order valence-corrected chi connectivity index (χ4v) is 4.55. The van der Waals surface area contributed by atoms with E-state index in [0.717, 1.165) is 48.2 Å². The highest BCUT2D eigenvalue weighted by Gasteiger charge is 2.26. The van der Waals surface area contributed by atoms with Crippen molar-refractivity contribution in [1.82, 2.24) is 15.2 Å². The largest absolute Gasteiger partial charge is 0.459 e. The molecule has 0 unspecified atom stereocenters. The van der Waals surface area contributed by atoms with Crippen molar-refractivity contribution in [3.8, 4) is 0 Å². The van der Waals surface area contributed by atoms with Gasteiger partial charge in [-0.15, -0.1) is 0 Å². The third kappa shape index (κ3) is 4.43. The maximum Gasteiger partial charge on any atom is 0.287 e. The lowest BCUT2D eigenvalue weighted by atomic mass is 10.0. The monoisotopic (exact) mass is 448 g/mol. The Kier molecular flexibility index (Phi) is 6.00. The van der Waals surface area contributed by atoms with Crippen LogP contribution in [0.5, 0.6) is 0 Å². The van der Waals surface area contributed by atoms with Crippen LogP contribution >= 0.6 is 0 Å². The number of amides is 2. The molecule has 172 valence electrons. The van der Waals surface area contributed by atoms with Gasteiger partial charge in [-0.05, 0) is 38.0 Å². The van der Waals surface area contributed by atoms with E-state index in [-0.39, 0.29) is 17.9 Å². The SMILES string of the molecule is Cc1ccoc1C(=O)NC1CCN(c2cc(C(=O)N3CCOCC3)c3ccccc3n2)CC1. The Hall–Kier alpha value is -3.39. The van der Waals surface area contributed by atoms with Crippen LogP contribution in [0.4, 0.5) is 5.82 Å². The number of fused-ring (bicyclic) bond motifs is 1. The van der Waals surface area contributed by atoms with E-state index in [4.69, 9.17) is 14.1 Å². The first-order chi connectivity index (χ1) is 16.1. The number of hydrogen-bond acceptors (Lipinski definition) is 6. The smallest absolute Gasteiger partial charge is 0.287 e. The number of hydrogen-bond donors (Lipinski definition) is 1. The molecule has 33 heavy (non-hydrogen) atoms. The van der Waals surface area contributed by atoms with Crippen LogP contribution in [0.3, 0.4) is 0 Å². The molecule has 0 saturated carbocycles. The number of pyridine rings is 1. The van der Waals surface area contributed by atoms with Gasteiger partial charge in [0.05, 0.1) is 30.6 Å². The summed E-state index contributed by atoms with van der Waals surface area (Å²) in [7, 11) is 0. The van der Waals surface area contributed by atoms with Crippen LogP contribution in [-0.4, -0.2) is 67.1 Å². The standard InChI is InChI=1S/C25H28N4O4/c1-17-8-13-33-23(17)24(30)26-18-6-9-28(10-7-18)22-16-20(19-4-2-3-5-21(19)27-22)25(31)29-11-14-32-15-12-29/h2-5,8,13,16,18H,6-7,9-12,14-15H2,1H3,(H,26,30). The Bertz CT molecular complexity index is 1160. The lowest BCUT2D eigenvalue weighted by Crippen LogP contribution is -2.45. The lowest BCUT2D eigenvalue weighted by molar-refractivity contribution is 0.0304. The molecule has 2 fully saturated rings. The van der Waals surface area contributed by atoms with Crippen molar-refractivity contribution in [3.63, 3.8) is 0 Å².